The van der Waals surface area contributed by atoms with Gasteiger partial charge in [0.2, 0.25) is 0 Å². The van der Waals surface area contributed by atoms with Crippen molar-refractivity contribution in [1.29, 1.82) is 0 Å². The Morgan fingerprint density at radius 1 is 1.47 bits per heavy atom. The smallest absolute Gasteiger partial charge is 0.274 e. The topological polar surface area (TPSA) is 84.4 Å². The van der Waals surface area contributed by atoms with Gasteiger partial charge in [0.15, 0.2) is 0 Å². The maximum Gasteiger partial charge on any atom is 0.274 e. The summed E-state index contributed by atoms with van der Waals surface area (Å²) in [5, 5.41) is 14.4. The third-order valence-corrected chi connectivity index (χ3v) is 3.67. The molecule has 1 amide bonds. The highest BCUT2D eigenvalue weighted by molar-refractivity contribution is 5.98. The highest BCUT2D eigenvalue weighted by Gasteiger charge is 2.44. The molecule has 6 heteroatoms. The van der Waals surface area contributed by atoms with Gasteiger partial charge in [-0.1, -0.05) is 20.3 Å². The number of anilines is 1. The first-order chi connectivity index (χ1) is 8.91. The maximum absolute atomic E-state index is 12.4. The van der Waals surface area contributed by atoms with Gasteiger partial charge in [0.05, 0.1) is 30.1 Å². The van der Waals surface area contributed by atoms with Crippen molar-refractivity contribution < 1.29 is 9.90 Å². The molecule has 106 valence electrons. The van der Waals surface area contributed by atoms with Gasteiger partial charge in [0.25, 0.3) is 5.91 Å². The Labute approximate surface area is 113 Å². The SMILES string of the molecule is CCCC1(O)CN(C(=O)c2c(N)c(CC)nn2C)C1. The molecule has 0 aromatic carbocycles. The molecule has 1 aromatic heterocycles. The van der Waals surface area contributed by atoms with Gasteiger partial charge in [-0.25, -0.2) is 0 Å². The minimum Gasteiger partial charge on any atom is -0.395 e. The number of aromatic nitrogens is 2. The Morgan fingerprint density at radius 2 is 2.11 bits per heavy atom. The molecule has 0 spiro atoms. The van der Waals surface area contributed by atoms with Gasteiger partial charge in [-0.2, -0.15) is 5.10 Å². The molecular weight excluding hydrogens is 244 g/mol. The van der Waals surface area contributed by atoms with Crippen molar-refractivity contribution in [2.24, 2.45) is 7.05 Å². The van der Waals surface area contributed by atoms with E-state index in [0.29, 0.717) is 30.9 Å². The van der Waals surface area contributed by atoms with E-state index in [-0.39, 0.29) is 5.91 Å². The second kappa shape index (κ2) is 4.85. The number of carbonyl (C=O) groups is 1. The Balaban J connectivity index is 2.12. The fraction of sp³-hybridized carbons (Fsp3) is 0.692. The molecule has 19 heavy (non-hydrogen) atoms. The van der Waals surface area contributed by atoms with E-state index >= 15 is 0 Å². The number of amides is 1. The van der Waals surface area contributed by atoms with E-state index < -0.39 is 5.60 Å². The normalized spacial score (nSPS) is 17.4. The van der Waals surface area contributed by atoms with Crippen LogP contribution in [0.15, 0.2) is 0 Å². The molecule has 3 N–H and O–H groups in total. The lowest BCUT2D eigenvalue weighted by Crippen LogP contribution is -2.63. The summed E-state index contributed by atoms with van der Waals surface area (Å²) >= 11 is 0. The molecule has 1 aliphatic heterocycles. The van der Waals surface area contributed by atoms with Crippen LogP contribution in [0.3, 0.4) is 0 Å². The summed E-state index contributed by atoms with van der Waals surface area (Å²) in [6.07, 6.45) is 2.33. The molecule has 2 heterocycles. The maximum atomic E-state index is 12.4. The quantitative estimate of drug-likeness (QED) is 0.833. The molecule has 1 fully saturated rings. The minimum atomic E-state index is -0.717. The highest BCUT2D eigenvalue weighted by atomic mass is 16.3. The molecule has 2 rings (SSSR count). The van der Waals surface area contributed by atoms with Crippen molar-refractivity contribution in [3.8, 4) is 0 Å². The summed E-state index contributed by atoms with van der Waals surface area (Å²) in [6.45, 7) is 4.74. The fourth-order valence-corrected chi connectivity index (χ4v) is 2.69. The van der Waals surface area contributed by atoms with E-state index in [4.69, 9.17) is 5.73 Å². The number of aryl methyl sites for hydroxylation is 2. The first-order valence-corrected chi connectivity index (χ1v) is 6.75. The predicted molar refractivity (Wildman–Crippen MR) is 72.8 cm³/mol. The van der Waals surface area contributed by atoms with Gasteiger partial charge >= 0.3 is 0 Å². The largest absolute Gasteiger partial charge is 0.395 e. The number of hydrogen-bond donors (Lipinski definition) is 2. The molecule has 0 unspecified atom stereocenters. The number of carbonyl (C=O) groups excluding carboxylic acids is 1. The number of nitrogens with zero attached hydrogens (tertiary/aromatic N) is 3. The third-order valence-electron chi connectivity index (χ3n) is 3.67. The van der Waals surface area contributed by atoms with E-state index in [2.05, 4.69) is 5.10 Å². The average molecular weight is 266 g/mol. The number of nitrogens with two attached hydrogens (primary N) is 1. The van der Waals surface area contributed by atoms with Crippen LogP contribution in [0.5, 0.6) is 0 Å². The molecule has 0 saturated carbocycles. The second-order valence-electron chi connectivity index (χ2n) is 5.32. The first kappa shape index (κ1) is 13.9. The lowest BCUT2D eigenvalue weighted by atomic mass is 9.89. The Hall–Kier alpha value is -1.56. The van der Waals surface area contributed by atoms with Crippen LogP contribution < -0.4 is 5.73 Å². The van der Waals surface area contributed by atoms with E-state index in [0.717, 1.165) is 18.5 Å². The van der Waals surface area contributed by atoms with Crippen molar-refractivity contribution in [1.82, 2.24) is 14.7 Å². The van der Waals surface area contributed by atoms with Gasteiger partial charge in [-0.3, -0.25) is 9.48 Å². The molecular formula is C13H22N4O2. The molecule has 0 atom stereocenters. The Kier molecular flexibility index (Phi) is 3.54. The van der Waals surface area contributed by atoms with Crippen LogP contribution in [0.2, 0.25) is 0 Å². The van der Waals surface area contributed by atoms with Crippen molar-refractivity contribution in [2.75, 3.05) is 18.8 Å². The van der Waals surface area contributed by atoms with Crippen LogP contribution >= 0.6 is 0 Å². The van der Waals surface area contributed by atoms with Gasteiger partial charge < -0.3 is 15.7 Å². The zero-order valence-corrected chi connectivity index (χ0v) is 11.8. The van der Waals surface area contributed by atoms with E-state index in [1.54, 1.807) is 11.9 Å². The number of likely N-dealkylation sites (tertiary alicyclic amines) is 1. The summed E-state index contributed by atoms with van der Waals surface area (Å²) in [6, 6.07) is 0. The Bertz CT molecular complexity index is 489. The lowest BCUT2D eigenvalue weighted by molar-refractivity contribution is -0.0862. The summed E-state index contributed by atoms with van der Waals surface area (Å²) in [4.78, 5) is 14.0. The number of rotatable bonds is 4. The zero-order chi connectivity index (χ0) is 14.2. The highest BCUT2D eigenvalue weighted by Crippen LogP contribution is 2.29. The van der Waals surface area contributed by atoms with Crippen LogP contribution in [0.1, 0.15) is 42.9 Å². The molecule has 0 bridgehead atoms. The van der Waals surface area contributed by atoms with Crippen LogP contribution in [-0.2, 0) is 13.5 Å². The predicted octanol–water partition coefficient (Wildman–Crippen LogP) is 0.552. The number of β-amino-alcohol motifs (C(OH)–C–C–N with tert-alkyl or cyclic N) is 1. The van der Waals surface area contributed by atoms with Crippen LogP contribution in [0.25, 0.3) is 0 Å². The standard InChI is InChI=1S/C13H22N4O2/c1-4-6-13(19)7-17(8-13)12(18)11-10(14)9(5-2)15-16(11)3/h19H,4-8,14H2,1-3H3. The van der Waals surface area contributed by atoms with Crippen LogP contribution in [-0.4, -0.2) is 44.4 Å². The molecule has 1 aliphatic rings. The van der Waals surface area contributed by atoms with E-state index in [1.807, 2.05) is 13.8 Å². The van der Waals surface area contributed by atoms with Crippen molar-refractivity contribution in [2.45, 2.75) is 38.7 Å². The summed E-state index contributed by atoms with van der Waals surface area (Å²) in [5.41, 5.74) is 6.88. The molecule has 1 saturated heterocycles. The molecule has 0 radical (unpaired) electrons. The number of aliphatic hydroxyl groups is 1. The first-order valence-electron chi connectivity index (χ1n) is 6.75. The monoisotopic (exact) mass is 266 g/mol. The van der Waals surface area contributed by atoms with Crippen LogP contribution in [0.4, 0.5) is 5.69 Å². The fourth-order valence-electron chi connectivity index (χ4n) is 2.69. The molecule has 6 nitrogen and oxygen atoms in total. The molecule has 0 aliphatic carbocycles. The molecule has 1 aromatic rings. The minimum absolute atomic E-state index is 0.145. The van der Waals surface area contributed by atoms with Crippen molar-refractivity contribution in [3.05, 3.63) is 11.4 Å². The van der Waals surface area contributed by atoms with Crippen molar-refractivity contribution >= 4 is 11.6 Å². The van der Waals surface area contributed by atoms with E-state index in [9.17, 15) is 9.90 Å². The van der Waals surface area contributed by atoms with Gasteiger partial charge in [0.1, 0.15) is 5.69 Å². The van der Waals surface area contributed by atoms with Gasteiger partial charge in [-0.05, 0) is 12.8 Å². The number of hydrogen-bond acceptors (Lipinski definition) is 4. The summed E-state index contributed by atoms with van der Waals surface area (Å²) < 4.78 is 1.54. The van der Waals surface area contributed by atoms with Crippen molar-refractivity contribution in [3.63, 3.8) is 0 Å². The Morgan fingerprint density at radius 3 is 2.58 bits per heavy atom. The van der Waals surface area contributed by atoms with E-state index in [1.165, 1.54) is 4.68 Å². The average Bonchev–Trinajstić information content (AvgIpc) is 2.60. The summed E-state index contributed by atoms with van der Waals surface area (Å²) in [7, 11) is 1.72. The van der Waals surface area contributed by atoms with Gasteiger partial charge in [-0.15, -0.1) is 0 Å². The van der Waals surface area contributed by atoms with Crippen LogP contribution in [0, 0.1) is 0 Å². The second-order valence-corrected chi connectivity index (χ2v) is 5.32. The zero-order valence-electron chi connectivity index (χ0n) is 11.8. The summed E-state index contributed by atoms with van der Waals surface area (Å²) in [5.74, 6) is -0.145. The lowest BCUT2D eigenvalue weighted by Gasteiger charge is -2.46. The van der Waals surface area contributed by atoms with Gasteiger partial charge in [0, 0.05) is 7.05 Å². The third kappa shape index (κ3) is 2.32. The number of nitrogen functional groups attached to an aromatic ring is 1.